The van der Waals surface area contributed by atoms with E-state index < -0.39 is 0 Å². The van der Waals surface area contributed by atoms with Crippen LogP contribution in [0.15, 0.2) is 36.4 Å². The summed E-state index contributed by atoms with van der Waals surface area (Å²) in [7, 11) is 1.53. The summed E-state index contributed by atoms with van der Waals surface area (Å²) < 4.78 is 16.4. The molecule has 0 aromatic heterocycles. The number of methoxy groups -OCH3 is 1. The molecule has 5 nitrogen and oxygen atoms in total. The molecule has 2 rings (SSSR count). The molecular formula is C21H24ClNO4. The standard InChI is InChI=1S/C21H24ClNO4/c1-5-26-18-9-7-15(12-20(18)27-6-2)8-10-21(24)23-17-11-14(3)16(22)13-19(17)25-4/h7-13H,5-6H2,1-4H3,(H,23,24)/b10-8+. The highest BCUT2D eigenvalue weighted by molar-refractivity contribution is 6.31. The Bertz CT molecular complexity index is 833. The van der Waals surface area contributed by atoms with Gasteiger partial charge in [-0.3, -0.25) is 4.79 Å². The van der Waals surface area contributed by atoms with Gasteiger partial charge in [0.25, 0.3) is 0 Å². The second-order valence-electron chi connectivity index (χ2n) is 5.70. The number of benzene rings is 2. The smallest absolute Gasteiger partial charge is 0.248 e. The zero-order valence-corrected chi connectivity index (χ0v) is 16.7. The molecule has 0 aliphatic heterocycles. The Balaban J connectivity index is 2.15. The normalized spacial score (nSPS) is 10.7. The van der Waals surface area contributed by atoms with E-state index in [1.54, 1.807) is 18.2 Å². The van der Waals surface area contributed by atoms with E-state index in [0.29, 0.717) is 41.2 Å². The average molecular weight is 390 g/mol. The lowest BCUT2D eigenvalue weighted by Crippen LogP contribution is -2.09. The third-order valence-electron chi connectivity index (χ3n) is 3.73. The largest absolute Gasteiger partial charge is 0.495 e. The van der Waals surface area contributed by atoms with Crippen molar-refractivity contribution in [3.05, 3.63) is 52.6 Å². The quantitative estimate of drug-likeness (QED) is 0.637. The van der Waals surface area contributed by atoms with Crippen LogP contribution in [0, 0.1) is 6.92 Å². The van der Waals surface area contributed by atoms with Crippen LogP contribution < -0.4 is 19.5 Å². The van der Waals surface area contributed by atoms with Crippen molar-refractivity contribution < 1.29 is 19.0 Å². The minimum atomic E-state index is -0.276. The molecule has 1 amide bonds. The predicted octanol–water partition coefficient (Wildman–Crippen LogP) is 5.11. The van der Waals surface area contributed by atoms with Gasteiger partial charge in [0.2, 0.25) is 5.91 Å². The summed E-state index contributed by atoms with van der Waals surface area (Å²) in [5.74, 6) is 1.56. The molecule has 0 radical (unpaired) electrons. The van der Waals surface area contributed by atoms with Crippen LogP contribution in [-0.2, 0) is 4.79 Å². The summed E-state index contributed by atoms with van der Waals surface area (Å²) in [6.45, 7) is 6.78. The number of anilines is 1. The van der Waals surface area contributed by atoms with Crippen molar-refractivity contribution in [2.24, 2.45) is 0 Å². The fraction of sp³-hybridized carbons (Fsp3) is 0.286. The Hall–Kier alpha value is -2.66. The molecule has 27 heavy (non-hydrogen) atoms. The highest BCUT2D eigenvalue weighted by Crippen LogP contribution is 2.31. The molecule has 1 N–H and O–H groups in total. The fourth-order valence-electron chi connectivity index (χ4n) is 2.45. The molecule has 0 aliphatic carbocycles. The molecule has 0 spiro atoms. The van der Waals surface area contributed by atoms with Gasteiger partial charge >= 0.3 is 0 Å². The van der Waals surface area contributed by atoms with E-state index in [9.17, 15) is 4.79 Å². The number of hydrogen-bond donors (Lipinski definition) is 1. The third-order valence-corrected chi connectivity index (χ3v) is 4.14. The van der Waals surface area contributed by atoms with Crippen molar-refractivity contribution in [3.63, 3.8) is 0 Å². The maximum absolute atomic E-state index is 12.3. The summed E-state index contributed by atoms with van der Waals surface area (Å²) in [6.07, 6.45) is 3.16. The van der Waals surface area contributed by atoms with Crippen molar-refractivity contribution >= 4 is 29.3 Å². The van der Waals surface area contributed by atoms with Crippen LogP contribution in [0.4, 0.5) is 5.69 Å². The lowest BCUT2D eigenvalue weighted by Gasteiger charge is -2.12. The first-order valence-corrected chi connectivity index (χ1v) is 9.09. The number of carbonyl (C=O) groups is 1. The van der Waals surface area contributed by atoms with Crippen LogP contribution in [0.5, 0.6) is 17.2 Å². The van der Waals surface area contributed by atoms with Crippen LogP contribution in [0.25, 0.3) is 6.08 Å². The summed E-state index contributed by atoms with van der Waals surface area (Å²) >= 11 is 6.09. The van der Waals surface area contributed by atoms with Crippen LogP contribution in [0.1, 0.15) is 25.0 Å². The molecule has 2 aromatic carbocycles. The number of ether oxygens (including phenoxy) is 3. The molecule has 2 aromatic rings. The van der Waals surface area contributed by atoms with Gasteiger partial charge in [-0.05, 0) is 56.2 Å². The van der Waals surface area contributed by atoms with Crippen molar-refractivity contribution in [1.29, 1.82) is 0 Å². The number of hydrogen-bond acceptors (Lipinski definition) is 4. The van der Waals surface area contributed by atoms with Gasteiger partial charge in [0, 0.05) is 17.2 Å². The van der Waals surface area contributed by atoms with Crippen molar-refractivity contribution in [2.45, 2.75) is 20.8 Å². The highest BCUT2D eigenvalue weighted by Gasteiger charge is 2.09. The maximum atomic E-state index is 12.3. The lowest BCUT2D eigenvalue weighted by atomic mass is 10.1. The van der Waals surface area contributed by atoms with Crippen LogP contribution in [0.3, 0.4) is 0 Å². The number of amides is 1. The van der Waals surface area contributed by atoms with Gasteiger partial charge in [-0.2, -0.15) is 0 Å². The van der Waals surface area contributed by atoms with Crippen LogP contribution in [0.2, 0.25) is 5.02 Å². The second-order valence-corrected chi connectivity index (χ2v) is 6.10. The molecule has 0 heterocycles. The monoisotopic (exact) mass is 389 g/mol. The highest BCUT2D eigenvalue weighted by atomic mass is 35.5. The Labute approximate surface area is 164 Å². The molecule has 0 atom stereocenters. The van der Waals surface area contributed by atoms with Gasteiger partial charge in [0.15, 0.2) is 11.5 Å². The van der Waals surface area contributed by atoms with E-state index in [-0.39, 0.29) is 5.91 Å². The maximum Gasteiger partial charge on any atom is 0.248 e. The topological polar surface area (TPSA) is 56.8 Å². The lowest BCUT2D eigenvalue weighted by molar-refractivity contribution is -0.111. The van der Waals surface area contributed by atoms with Gasteiger partial charge in [-0.15, -0.1) is 0 Å². The molecular weight excluding hydrogens is 366 g/mol. The van der Waals surface area contributed by atoms with Crippen molar-refractivity contribution in [3.8, 4) is 17.2 Å². The third kappa shape index (κ3) is 5.66. The predicted molar refractivity (Wildman–Crippen MR) is 109 cm³/mol. The van der Waals surface area contributed by atoms with Gasteiger partial charge in [-0.25, -0.2) is 0 Å². The molecule has 0 unspecified atom stereocenters. The Kier molecular flexibility index (Phi) is 7.55. The van der Waals surface area contributed by atoms with Gasteiger partial charge in [-0.1, -0.05) is 17.7 Å². The summed E-state index contributed by atoms with van der Waals surface area (Å²) in [6, 6.07) is 8.99. The minimum Gasteiger partial charge on any atom is -0.495 e. The average Bonchev–Trinajstić information content (AvgIpc) is 2.65. The first-order valence-electron chi connectivity index (χ1n) is 8.71. The second kappa shape index (κ2) is 9.88. The zero-order chi connectivity index (χ0) is 19.8. The van der Waals surface area contributed by atoms with Crippen LogP contribution in [-0.4, -0.2) is 26.2 Å². The number of halogens is 1. The van der Waals surface area contributed by atoms with Crippen LogP contribution >= 0.6 is 11.6 Å². The Morgan fingerprint density at radius 3 is 2.44 bits per heavy atom. The minimum absolute atomic E-state index is 0.276. The van der Waals surface area contributed by atoms with Gasteiger partial charge < -0.3 is 19.5 Å². The van der Waals surface area contributed by atoms with Gasteiger partial charge in [0.05, 0.1) is 26.0 Å². The van der Waals surface area contributed by atoms with E-state index in [4.69, 9.17) is 25.8 Å². The molecule has 0 aliphatic rings. The molecule has 6 heteroatoms. The SMILES string of the molecule is CCOc1ccc(/C=C/C(=O)Nc2cc(C)c(Cl)cc2OC)cc1OCC. The first kappa shape index (κ1) is 20.6. The molecule has 0 saturated heterocycles. The Morgan fingerprint density at radius 1 is 1.07 bits per heavy atom. The van der Waals surface area contributed by atoms with E-state index in [2.05, 4.69) is 5.32 Å². The summed E-state index contributed by atoms with van der Waals surface area (Å²) in [5, 5.41) is 3.39. The summed E-state index contributed by atoms with van der Waals surface area (Å²) in [5.41, 5.74) is 2.25. The van der Waals surface area contributed by atoms with E-state index in [0.717, 1.165) is 11.1 Å². The van der Waals surface area contributed by atoms with E-state index in [1.165, 1.54) is 13.2 Å². The Morgan fingerprint density at radius 2 is 1.78 bits per heavy atom. The first-order chi connectivity index (χ1) is 13.0. The molecule has 0 saturated carbocycles. The molecule has 0 bridgehead atoms. The number of aryl methyl sites for hydroxylation is 1. The van der Waals surface area contributed by atoms with Gasteiger partial charge in [0.1, 0.15) is 5.75 Å². The number of nitrogens with one attached hydrogen (secondary N) is 1. The van der Waals surface area contributed by atoms with E-state index in [1.807, 2.05) is 39.0 Å². The molecule has 144 valence electrons. The zero-order valence-electron chi connectivity index (χ0n) is 16.0. The number of rotatable bonds is 8. The molecule has 0 fully saturated rings. The fourth-order valence-corrected chi connectivity index (χ4v) is 2.60. The summed E-state index contributed by atoms with van der Waals surface area (Å²) in [4.78, 5) is 12.3. The number of carbonyl (C=O) groups excluding carboxylic acids is 1. The van der Waals surface area contributed by atoms with Crippen molar-refractivity contribution in [2.75, 3.05) is 25.6 Å². The van der Waals surface area contributed by atoms with Crippen molar-refractivity contribution in [1.82, 2.24) is 0 Å². The van der Waals surface area contributed by atoms with E-state index >= 15 is 0 Å².